The van der Waals surface area contributed by atoms with Crippen molar-refractivity contribution in [2.45, 2.75) is 6.04 Å². The first-order valence-electron chi connectivity index (χ1n) is 5.33. The van der Waals surface area contributed by atoms with Crippen LogP contribution in [0.25, 0.3) is 0 Å². The molecule has 8 heteroatoms. The lowest BCUT2D eigenvalue weighted by molar-refractivity contribution is -0.140. The van der Waals surface area contributed by atoms with Gasteiger partial charge in [0, 0.05) is 10.2 Å². The number of aliphatic carboxylic acids is 1. The van der Waals surface area contributed by atoms with E-state index in [0.29, 0.717) is 10.2 Å². The van der Waals surface area contributed by atoms with Crippen molar-refractivity contribution in [3.63, 3.8) is 0 Å². The first-order chi connectivity index (χ1) is 9.00. The van der Waals surface area contributed by atoms with Crippen molar-refractivity contribution in [1.82, 2.24) is 4.90 Å². The second-order valence-electron chi connectivity index (χ2n) is 3.85. The molecule has 1 fully saturated rings. The van der Waals surface area contributed by atoms with E-state index >= 15 is 0 Å². The van der Waals surface area contributed by atoms with Crippen LogP contribution in [0.1, 0.15) is 0 Å². The molecule has 0 saturated carbocycles. The summed E-state index contributed by atoms with van der Waals surface area (Å²) in [4.78, 5) is 24.1. The molecule has 0 spiro atoms. The number of benzene rings is 1. The molecule has 1 saturated heterocycles. The van der Waals surface area contributed by atoms with E-state index in [2.05, 4.69) is 21.2 Å². The molecule has 0 aliphatic carbocycles. The van der Waals surface area contributed by atoms with Crippen LogP contribution in [-0.2, 0) is 4.79 Å². The van der Waals surface area contributed by atoms with Gasteiger partial charge in [-0.1, -0.05) is 6.07 Å². The van der Waals surface area contributed by atoms with E-state index in [0.717, 1.165) is 0 Å². The average Bonchev–Trinajstić information content (AvgIpc) is 2.83. The van der Waals surface area contributed by atoms with Gasteiger partial charge in [-0.2, -0.15) is 0 Å². The standard InChI is InChI=1S/C11H10BrFN2O3S/c12-6-2-1-3-7(13)9(6)14-11(18)15-5-19-4-8(15)10(16)17/h1-3,8H,4-5H2,(H,14,18)(H,16,17). The van der Waals surface area contributed by atoms with Crippen molar-refractivity contribution in [1.29, 1.82) is 0 Å². The van der Waals surface area contributed by atoms with Crippen LogP contribution in [0.2, 0.25) is 0 Å². The quantitative estimate of drug-likeness (QED) is 0.861. The van der Waals surface area contributed by atoms with Crippen molar-refractivity contribution >= 4 is 45.4 Å². The molecule has 0 aromatic heterocycles. The summed E-state index contributed by atoms with van der Waals surface area (Å²) < 4.78 is 14.0. The normalized spacial score (nSPS) is 18.4. The molecular formula is C11H10BrFN2O3S. The van der Waals surface area contributed by atoms with E-state index in [4.69, 9.17) is 5.11 Å². The van der Waals surface area contributed by atoms with E-state index in [1.807, 2.05) is 0 Å². The Bertz CT molecular complexity index is 508. The minimum Gasteiger partial charge on any atom is -0.480 e. The molecule has 5 nitrogen and oxygen atoms in total. The number of para-hydroxylation sites is 1. The van der Waals surface area contributed by atoms with Gasteiger partial charge in [-0.25, -0.2) is 14.0 Å². The molecular weight excluding hydrogens is 339 g/mol. The molecule has 1 aromatic carbocycles. The molecule has 19 heavy (non-hydrogen) atoms. The Morgan fingerprint density at radius 2 is 2.26 bits per heavy atom. The first-order valence-corrected chi connectivity index (χ1v) is 7.27. The molecule has 0 bridgehead atoms. The highest BCUT2D eigenvalue weighted by molar-refractivity contribution is 9.10. The number of halogens is 2. The van der Waals surface area contributed by atoms with Gasteiger partial charge in [0.25, 0.3) is 0 Å². The lowest BCUT2D eigenvalue weighted by atomic mass is 10.3. The summed E-state index contributed by atoms with van der Waals surface area (Å²) in [6, 6.07) is 2.81. The number of nitrogens with zero attached hydrogens (tertiary/aromatic N) is 1. The number of carboxylic acids is 1. The first kappa shape index (κ1) is 14.1. The van der Waals surface area contributed by atoms with Gasteiger partial charge in [-0.05, 0) is 28.1 Å². The minimum atomic E-state index is -1.06. The Morgan fingerprint density at radius 1 is 1.53 bits per heavy atom. The molecule has 1 heterocycles. The maximum Gasteiger partial charge on any atom is 0.327 e. The zero-order valence-electron chi connectivity index (χ0n) is 9.60. The molecule has 2 N–H and O–H groups in total. The summed E-state index contributed by atoms with van der Waals surface area (Å²) in [5.41, 5.74) is 0.00791. The van der Waals surface area contributed by atoms with Crippen molar-refractivity contribution in [2.75, 3.05) is 16.9 Å². The van der Waals surface area contributed by atoms with Gasteiger partial charge in [0.2, 0.25) is 0 Å². The third-order valence-electron chi connectivity index (χ3n) is 2.62. The number of carbonyl (C=O) groups excluding carboxylic acids is 1. The summed E-state index contributed by atoms with van der Waals surface area (Å²) in [5, 5.41) is 11.4. The predicted octanol–water partition coefficient (Wildman–Crippen LogP) is 2.58. The topological polar surface area (TPSA) is 69.6 Å². The van der Waals surface area contributed by atoms with Gasteiger partial charge in [-0.15, -0.1) is 11.8 Å². The van der Waals surface area contributed by atoms with E-state index in [1.165, 1.54) is 28.8 Å². The number of anilines is 1. The third-order valence-corrected chi connectivity index (χ3v) is 4.30. The van der Waals surface area contributed by atoms with Crippen LogP contribution in [0.15, 0.2) is 22.7 Å². The zero-order chi connectivity index (χ0) is 14.0. The van der Waals surface area contributed by atoms with E-state index in [-0.39, 0.29) is 11.6 Å². The molecule has 2 amide bonds. The van der Waals surface area contributed by atoms with Gasteiger partial charge >= 0.3 is 12.0 Å². The fourth-order valence-electron chi connectivity index (χ4n) is 1.64. The van der Waals surface area contributed by atoms with Crippen LogP contribution < -0.4 is 5.32 Å². The molecule has 1 aliphatic heterocycles. The fraction of sp³-hybridized carbons (Fsp3) is 0.273. The molecule has 2 rings (SSSR count). The maximum absolute atomic E-state index is 13.6. The molecule has 102 valence electrons. The number of carbonyl (C=O) groups is 2. The molecule has 1 aromatic rings. The smallest absolute Gasteiger partial charge is 0.327 e. The highest BCUT2D eigenvalue weighted by atomic mass is 79.9. The van der Waals surface area contributed by atoms with E-state index in [1.54, 1.807) is 6.07 Å². The van der Waals surface area contributed by atoms with Gasteiger partial charge in [-0.3, -0.25) is 0 Å². The van der Waals surface area contributed by atoms with Crippen LogP contribution in [0, 0.1) is 5.82 Å². The van der Waals surface area contributed by atoms with Crippen LogP contribution in [-0.4, -0.2) is 39.7 Å². The molecule has 0 radical (unpaired) electrons. The SMILES string of the molecule is O=C(O)C1CSCN1C(=O)Nc1c(F)cccc1Br. The molecule has 1 unspecified atom stereocenters. The fourth-order valence-corrected chi connectivity index (χ4v) is 3.23. The number of hydrogen-bond donors (Lipinski definition) is 2. The number of carboxylic acid groups (broad SMARTS) is 1. The largest absolute Gasteiger partial charge is 0.480 e. The monoisotopic (exact) mass is 348 g/mol. The second kappa shape index (κ2) is 5.79. The number of rotatable bonds is 2. The number of hydrogen-bond acceptors (Lipinski definition) is 3. The Balaban J connectivity index is 2.15. The highest BCUT2D eigenvalue weighted by Gasteiger charge is 2.35. The summed E-state index contributed by atoms with van der Waals surface area (Å²) >= 11 is 4.48. The summed E-state index contributed by atoms with van der Waals surface area (Å²) in [6.07, 6.45) is 0. The van der Waals surface area contributed by atoms with Crippen molar-refractivity contribution < 1.29 is 19.1 Å². The van der Waals surface area contributed by atoms with Crippen molar-refractivity contribution in [2.24, 2.45) is 0 Å². The van der Waals surface area contributed by atoms with Gasteiger partial charge < -0.3 is 15.3 Å². The zero-order valence-corrected chi connectivity index (χ0v) is 12.0. The molecule has 1 aliphatic rings. The molecule has 1 atom stereocenters. The lowest BCUT2D eigenvalue weighted by Crippen LogP contribution is -2.44. The second-order valence-corrected chi connectivity index (χ2v) is 5.70. The minimum absolute atomic E-state index is 0.00791. The highest BCUT2D eigenvalue weighted by Crippen LogP contribution is 2.27. The maximum atomic E-state index is 13.6. The van der Waals surface area contributed by atoms with Crippen LogP contribution in [0.4, 0.5) is 14.9 Å². The lowest BCUT2D eigenvalue weighted by Gasteiger charge is -2.21. The van der Waals surface area contributed by atoms with E-state index in [9.17, 15) is 14.0 Å². The summed E-state index contributed by atoms with van der Waals surface area (Å²) in [6.45, 7) is 0. The van der Waals surface area contributed by atoms with E-state index < -0.39 is 23.9 Å². The van der Waals surface area contributed by atoms with Gasteiger partial charge in [0.15, 0.2) is 0 Å². The summed E-state index contributed by atoms with van der Waals surface area (Å²) in [7, 11) is 0. The number of urea groups is 1. The predicted molar refractivity (Wildman–Crippen MR) is 73.7 cm³/mol. The number of nitrogens with one attached hydrogen (secondary N) is 1. The van der Waals surface area contributed by atoms with Crippen molar-refractivity contribution in [3.8, 4) is 0 Å². The number of thioether (sulfide) groups is 1. The van der Waals surface area contributed by atoms with Crippen LogP contribution in [0.3, 0.4) is 0 Å². The van der Waals surface area contributed by atoms with Gasteiger partial charge in [0.1, 0.15) is 11.9 Å². The van der Waals surface area contributed by atoms with Crippen LogP contribution >= 0.6 is 27.7 Å². The Morgan fingerprint density at radius 3 is 2.89 bits per heavy atom. The van der Waals surface area contributed by atoms with Crippen LogP contribution in [0.5, 0.6) is 0 Å². The van der Waals surface area contributed by atoms with Gasteiger partial charge in [0.05, 0.1) is 11.6 Å². The average molecular weight is 349 g/mol. The third kappa shape index (κ3) is 3.01. The number of amides is 2. The van der Waals surface area contributed by atoms with Crippen molar-refractivity contribution in [3.05, 3.63) is 28.5 Å². The Labute approximate surface area is 121 Å². The Hall–Kier alpha value is -1.28. The summed E-state index contributed by atoms with van der Waals surface area (Å²) in [5.74, 6) is -1.04. The Kier molecular flexibility index (Phi) is 4.31.